The minimum absolute atomic E-state index is 0.175. The Balaban J connectivity index is 2.23. The van der Waals surface area contributed by atoms with Crippen LogP contribution in [0.1, 0.15) is 38.2 Å². The predicted molar refractivity (Wildman–Crippen MR) is 88.4 cm³/mol. The fourth-order valence-corrected chi connectivity index (χ4v) is 4.13. The van der Waals surface area contributed by atoms with Gasteiger partial charge in [-0.25, -0.2) is 8.42 Å². The molecule has 1 amide bonds. The number of hydrogen-bond donors (Lipinski definition) is 1. The summed E-state index contributed by atoms with van der Waals surface area (Å²) in [5, 5.41) is 2.97. The van der Waals surface area contributed by atoms with E-state index >= 15 is 0 Å². The molecule has 22 heavy (non-hydrogen) atoms. The maximum absolute atomic E-state index is 12.4. The number of aryl methyl sites for hydroxylation is 1. The summed E-state index contributed by atoms with van der Waals surface area (Å²) in [5.41, 5.74) is 1.48. The molecule has 0 radical (unpaired) electrons. The molecule has 0 bridgehead atoms. The predicted octanol–water partition coefficient (Wildman–Crippen LogP) is 2.21. The lowest BCUT2D eigenvalue weighted by Gasteiger charge is -2.29. The van der Waals surface area contributed by atoms with Gasteiger partial charge in [-0.1, -0.05) is 25.0 Å². The number of benzene rings is 1. The Hall–Kier alpha value is -1.56. The van der Waals surface area contributed by atoms with E-state index in [2.05, 4.69) is 5.32 Å². The van der Waals surface area contributed by atoms with E-state index in [4.69, 9.17) is 0 Å². The third kappa shape index (κ3) is 4.00. The zero-order valence-corrected chi connectivity index (χ0v) is 14.2. The number of hydrogen-bond acceptors (Lipinski definition) is 3. The van der Waals surface area contributed by atoms with Crippen LogP contribution >= 0.6 is 0 Å². The zero-order valence-electron chi connectivity index (χ0n) is 13.4. The van der Waals surface area contributed by atoms with Crippen LogP contribution in [0.2, 0.25) is 0 Å². The van der Waals surface area contributed by atoms with Gasteiger partial charge in [0.2, 0.25) is 15.9 Å². The summed E-state index contributed by atoms with van der Waals surface area (Å²) in [6.07, 6.45) is 5.32. The van der Waals surface area contributed by atoms with Gasteiger partial charge in [-0.3, -0.25) is 9.10 Å². The van der Waals surface area contributed by atoms with Gasteiger partial charge < -0.3 is 5.32 Å². The normalized spacial score (nSPS) is 17.2. The number of carbonyl (C=O) groups excluding carboxylic acids is 1. The fourth-order valence-electron chi connectivity index (χ4n) is 2.97. The van der Waals surface area contributed by atoms with Crippen molar-refractivity contribution >= 4 is 21.6 Å². The summed E-state index contributed by atoms with van der Waals surface area (Å²) >= 11 is 0. The summed E-state index contributed by atoms with van der Waals surface area (Å²) in [6, 6.07) is 6.59. The molecule has 0 spiro atoms. The molecule has 1 aromatic carbocycles. The lowest BCUT2D eigenvalue weighted by Crippen LogP contribution is -2.50. The highest BCUT2D eigenvalue weighted by Crippen LogP contribution is 2.23. The number of carbonyl (C=O) groups is 1. The Kier molecular flexibility index (Phi) is 5.11. The van der Waals surface area contributed by atoms with Crippen molar-refractivity contribution in [2.45, 2.75) is 51.6 Å². The molecule has 0 unspecified atom stereocenters. The highest BCUT2D eigenvalue weighted by molar-refractivity contribution is 7.92. The molecule has 1 aromatic rings. The number of nitrogens with zero attached hydrogens (tertiary/aromatic N) is 1. The van der Waals surface area contributed by atoms with Crippen molar-refractivity contribution in [3.8, 4) is 0 Å². The molecule has 1 saturated carbocycles. The lowest BCUT2D eigenvalue weighted by atomic mass is 10.2. The molecule has 5 nitrogen and oxygen atoms in total. The van der Waals surface area contributed by atoms with Gasteiger partial charge in [0.25, 0.3) is 0 Å². The van der Waals surface area contributed by atoms with Gasteiger partial charge in [-0.15, -0.1) is 0 Å². The molecule has 2 rings (SSSR count). The Morgan fingerprint density at radius 1 is 1.32 bits per heavy atom. The quantitative estimate of drug-likeness (QED) is 0.903. The van der Waals surface area contributed by atoms with Crippen LogP contribution in [0.3, 0.4) is 0 Å². The fraction of sp³-hybridized carbons (Fsp3) is 0.562. The molecule has 1 aliphatic rings. The number of amides is 1. The highest BCUT2D eigenvalue weighted by atomic mass is 32.2. The van der Waals surface area contributed by atoms with Crippen LogP contribution in [0.25, 0.3) is 0 Å². The first kappa shape index (κ1) is 16.8. The van der Waals surface area contributed by atoms with Crippen LogP contribution in [-0.4, -0.2) is 32.7 Å². The Labute approximate surface area is 132 Å². The molecule has 0 heterocycles. The summed E-state index contributed by atoms with van der Waals surface area (Å²) in [5.74, 6) is -0.237. The zero-order chi connectivity index (χ0) is 16.3. The lowest BCUT2D eigenvalue weighted by molar-refractivity contribution is -0.122. The van der Waals surface area contributed by atoms with Crippen molar-refractivity contribution in [2.24, 2.45) is 0 Å². The molecule has 122 valence electrons. The van der Waals surface area contributed by atoms with Crippen molar-refractivity contribution in [1.29, 1.82) is 0 Å². The first-order valence-corrected chi connectivity index (χ1v) is 9.50. The van der Waals surface area contributed by atoms with Crippen molar-refractivity contribution in [3.63, 3.8) is 0 Å². The molecule has 6 heteroatoms. The maximum Gasteiger partial charge on any atom is 0.243 e. The molecule has 1 aliphatic carbocycles. The highest BCUT2D eigenvalue weighted by Gasteiger charge is 2.30. The molecule has 0 aliphatic heterocycles. The SMILES string of the molecule is Cc1cccc(N([C@H](C)C(=O)NC2CCCC2)S(C)(=O)=O)c1. The minimum atomic E-state index is -3.54. The average Bonchev–Trinajstić information content (AvgIpc) is 2.90. The topological polar surface area (TPSA) is 66.5 Å². The molecular formula is C16H24N2O3S. The monoisotopic (exact) mass is 324 g/mol. The van der Waals surface area contributed by atoms with E-state index in [9.17, 15) is 13.2 Å². The third-order valence-corrected chi connectivity index (χ3v) is 5.29. The largest absolute Gasteiger partial charge is 0.352 e. The van der Waals surface area contributed by atoms with Crippen LogP contribution < -0.4 is 9.62 Å². The molecule has 0 aromatic heterocycles. The van der Waals surface area contributed by atoms with Gasteiger partial charge >= 0.3 is 0 Å². The van der Waals surface area contributed by atoms with Crippen molar-refractivity contribution < 1.29 is 13.2 Å². The smallest absolute Gasteiger partial charge is 0.243 e. The van der Waals surface area contributed by atoms with Crippen molar-refractivity contribution in [2.75, 3.05) is 10.6 Å². The molecular weight excluding hydrogens is 300 g/mol. The van der Waals surface area contributed by atoms with Gasteiger partial charge in [0, 0.05) is 6.04 Å². The van der Waals surface area contributed by atoms with Crippen LogP contribution in [0.4, 0.5) is 5.69 Å². The number of nitrogens with one attached hydrogen (secondary N) is 1. The number of rotatable bonds is 5. The second kappa shape index (κ2) is 6.69. The van der Waals surface area contributed by atoms with E-state index in [0.717, 1.165) is 37.5 Å². The molecule has 1 atom stereocenters. The Morgan fingerprint density at radius 2 is 1.95 bits per heavy atom. The molecule has 0 saturated heterocycles. The van der Waals surface area contributed by atoms with E-state index in [1.54, 1.807) is 25.1 Å². The molecule has 1 fully saturated rings. The second-order valence-electron chi connectivity index (χ2n) is 6.06. The van der Waals surface area contributed by atoms with Crippen LogP contribution in [0, 0.1) is 6.92 Å². The van der Waals surface area contributed by atoms with Crippen LogP contribution in [0.15, 0.2) is 24.3 Å². The van der Waals surface area contributed by atoms with Crippen molar-refractivity contribution in [3.05, 3.63) is 29.8 Å². The third-order valence-electron chi connectivity index (χ3n) is 4.05. The van der Waals surface area contributed by atoms with E-state index < -0.39 is 16.1 Å². The van der Waals surface area contributed by atoms with Gasteiger partial charge in [0.05, 0.1) is 11.9 Å². The summed E-state index contributed by atoms with van der Waals surface area (Å²) in [7, 11) is -3.54. The summed E-state index contributed by atoms with van der Waals surface area (Å²) in [6.45, 7) is 3.53. The Morgan fingerprint density at radius 3 is 2.50 bits per heavy atom. The standard InChI is InChI=1S/C16H24N2O3S/c1-12-7-6-10-15(11-12)18(22(3,20)21)13(2)16(19)17-14-8-4-5-9-14/h6-7,10-11,13-14H,4-5,8-9H2,1-3H3,(H,17,19)/t13-/m1/s1. The molecule has 1 N–H and O–H groups in total. The van der Waals surface area contributed by atoms with Gasteiger partial charge in [0.1, 0.15) is 6.04 Å². The van der Waals surface area contributed by atoms with E-state index in [0.29, 0.717) is 5.69 Å². The first-order chi connectivity index (χ1) is 10.3. The first-order valence-electron chi connectivity index (χ1n) is 7.65. The Bertz CT molecular complexity index is 637. The van der Waals surface area contributed by atoms with E-state index in [-0.39, 0.29) is 11.9 Å². The van der Waals surface area contributed by atoms with Crippen LogP contribution in [0.5, 0.6) is 0 Å². The van der Waals surface area contributed by atoms with Gasteiger partial charge in [-0.05, 0) is 44.4 Å². The number of anilines is 1. The van der Waals surface area contributed by atoms with E-state index in [1.807, 2.05) is 13.0 Å². The van der Waals surface area contributed by atoms with Crippen LogP contribution in [-0.2, 0) is 14.8 Å². The van der Waals surface area contributed by atoms with Crippen molar-refractivity contribution in [1.82, 2.24) is 5.32 Å². The average molecular weight is 324 g/mol. The maximum atomic E-state index is 12.4. The second-order valence-corrected chi connectivity index (χ2v) is 7.92. The van der Waals surface area contributed by atoms with E-state index in [1.165, 1.54) is 4.31 Å². The summed E-state index contributed by atoms with van der Waals surface area (Å²) in [4.78, 5) is 12.4. The number of sulfonamides is 1. The van der Waals surface area contributed by atoms with Gasteiger partial charge in [-0.2, -0.15) is 0 Å². The summed E-state index contributed by atoms with van der Waals surface area (Å²) < 4.78 is 25.5. The minimum Gasteiger partial charge on any atom is -0.352 e. The van der Waals surface area contributed by atoms with Gasteiger partial charge in [0.15, 0.2) is 0 Å².